The van der Waals surface area contributed by atoms with E-state index in [1.165, 1.54) is 5.56 Å². The first kappa shape index (κ1) is 12.6. The summed E-state index contributed by atoms with van der Waals surface area (Å²) in [6, 6.07) is 10.1. The number of ether oxygens (including phenoxy) is 1. The zero-order valence-electron chi connectivity index (χ0n) is 10.4. The highest BCUT2D eigenvalue weighted by atomic mass is 16.5. The molecule has 16 heavy (non-hydrogen) atoms. The molecule has 0 aliphatic rings. The average molecular weight is 217 g/mol. The van der Waals surface area contributed by atoms with Crippen molar-refractivity contribution < 1.29 is 4.74 Å². The molecule has 1 atom stereocenters. The molecule has 0 saturated heterocycles. The number of hydrogen-bond acceptors (Lipinski definition) is 2. The van der Waals surface area contributed by atoms with Crippen LogP contribution in [0.1, 0.15) is 39.7 Å². The van der Waals surface area contributed by atoms with Crippen LogP contribution in [-0.2, 0) is 5.41 Å². The maximum Gasteiger partial charge on any atom is 0.184 e. The van der Waals surface area contributed by atoms with Crippen LogP contribution in [0.15, 0.2) is 24.3 Å². The van der Waals surface area contributed by atoms with Crippen LogP contribution in [0.25, 0.3) is 0 Å². The highest BCUT2D eigenvalue weighted by Crippen LogP contribution is 2.26. The first-order valence-corrected chi connectivity index (χ1v) is 5.64. The van der Waals surface area contributed by atoms with Crippen LogP contribution in [0.2, 0.25) is 0 Å². The van der Waals surface area contributed by atoms with Crippen LogP contribution in [0.5, 0.6) is 5.75 Å². The monoisotopic (exact) mass is 217 g/mol. The Bertz CT molecular complexity index is 384. The minimum atomic E-state index is -0.352. The van der Waals surface area contributed by atoms with E-state index in [2.05, 4.69) is 32.9 Å². The Balaban J connectivity index is 2.88. The van der Waals surface area contributed by atoms with Crippen molar-refractivity contribution in [3.8, 4) is 11.8 Å². The predicted molar refractivity (Wildman–Crippen MR) is 65.5 cm³/mol. The van der Waals surface area contributed by atoms with E-state index < -0.39 is 0 Å². The normalized spacial score (nSPS) is 12.9. The van der Waals surface area contributed by atoms with Gasteiger partial charge in [-0.15, -0.1) is 0 Å². The number of rotatable bonds is 3. The van der Waals surface area contributed by atoms with Gasteiger partial charge in [-0.1, -0.05) is 39.8 Å². The Morgan fingerprint density at radius 3 is 2.56 bits per heavy atom. The van der Waals surface area contributed by atoms with Crippen LogP contribution in [0, 0.1) is 11.3 Å². The molecule has 0 aromatic heterocycles. The standard InChI is InChI=1S/C14H19NO/c1-5-12(10-15)16-13-8-6-7-11(9-13)14(2,3)4/h6-9,12H,5H2,1-4H3. The van der Waals surface area contributed by atoms with Crippen molar-refractivity contribution in [1.82, 2.24) is 0 Å². The second-order valence-electron chi connectivity index (χ2n) is 4.92. The summed E-state index contributed by atoms with van der Waals surface area (Å²) < 4.78 is 5.59. The fourth-order valence-electron chi connectivity index (χ4n) is 1.40. The van der Waals surface area contributed by atoms with Crippen molar-refractivity contribution >= 4 is 0 Å². The lowest BCUT2D eigenvalue weighted by Gasteiger charge is -2.20. The molecular weight excluding hydrogens is 198 g/mol. The second-order valence-corrected chi connectivity index (χ2v) is 4.92. The van der Waals surface area contributed by atoms with E-state index in [0.29, 0.717) is 6.42 Å². The first-order valence-electron chi connectivity index (χ1n) is 5.64. The Hall–Kier alpha value is -1.49. The zero-order chi connectivity index (χ0) is 12.2. The molecule has 1 rings (SSSR count). The van der Waals surface area contributed by atoms with Gasteiger partial charge in [-0.2, -0.15) is 5.26 Å². The molecule has 0 heterocycles. The van der Waals surface area contributed by atoms with E-state index in [1.807, 2.05) is 25.1 Å². The summed E-state index contributed by atoms with van der Waals surface area (Å²) in [7, 11) is 0. The molecule has 1 aromatic rings. The quantitative estimate of drug-likeness (QED) is 0.774. The number of hydrogen-bond donors (Lipinski definition) is 0. The van der Waals surface area contributed by atoms with Crippen LogP contribution in [0.3, 0.4) is 0 Å². The number of nitriles is 1. The van der Waals surface area contributed by atoms with E-state index in [9.17, 15) is 0 Å². The van der Waals surface area contributed by atoms with E-state index in [0.717, 1.165) is 5.75 Å². The molecule has 0 radical (unpaired) electrons. The summed E-state index contributed by atoms with van der Waals surface area (Å²) >= 11 is 0. The van der Waals surface area contributed by atoms with Gasteiger partial charge in [0.15, 0.2) is 6.10 Å². The maximum absolute atomic E-state index is 8.84. The van der Waals surface area contributed by atoms with Gasteiger partial charge in [-0.25, -0.2) is 0 Å². The van der Waals surface area contributed by atoms with Gasteiger partial charge in [0, 0.05) is 0 Å². The van der Waals surface area contributed by atoms with Crippen molar-refractivity contribution in [2.75, 3.05) is 0 Å². The van der Waals surface area contributed by atoms with Crippen LogP contribution in [0.4, 0.5) is 0 Å². The lowest BCUT2D eigenvalue weighted by Crippen LogP contribution is -2.14. The van der Waals surface area contributed by atoms with Gasteiger partial charge < -0.3 is 4.74 Å². The van der Waals surface area contributed by atoms with E-state index in [-0.39, 0.29) is 11.5 Å². The van der Waals surface area contributed by atoms with Gasteiger partial charge in [0.1, 0.15) is 11.8 Å². The molecule has 0 fully saturated rings. The lowest BCUT2D eigenvalue weighted by molar-refractivity contribution is 0.251. The van der Waals surface area contributed by atoms with E-state index >= 15 is 0 Å². The second kappa shape index (κ2) is 5.03. The third kappa shape index (κ3) is 3.27. The summed E-state index contributed by atoms with van der Waals surface area (Å²) in [6.07, 6.45) is 0.353. The molecule has 0 N–H and O–H groups in total. The molecule has 2 heteroatoms. The SMILES string of the molecule is CCC(C#N)Oc1cccc(C(C)(C)C)c1. The van der Waals surface area contributed by atoms with E-state index in [1.54, 1.807) is 0 Å². The average Bonchev–Trinajstić information content (AvgIpc) is 2.25. The highest BCUT2D eigenvalue weighted by molar-refractivity contribution is 5.33. The maximum atomic E-state index is 8.84. The summed E-state index contributed by atoms with van der Waals surface area (Å²) in [5.74, 6) is 0.779. The Morgan fingerprint density at radius 1 is 1.38 bits per heavy atom. The highest BCUT2D eigenvalue weighted by Gasteiger charge is 2.14. The minimum absolute atomic E-state index is 0.105. The van der Waals surface area contributed by atoms with Crippen molar-refractivity contribution in [2.45, 2.75) is 45.6 Å². The molecule has 0 spiro atoms. The Morgan fingerprint density at radius 2 is 2.06 bits per heavy atom. The number of benzene rings is 1. The topological polar surface area (TPSA) is 33.0 Å². The molecular formula is C14H19NO. The van der Waals surface area contributed by atoms with Crippen LogP contribution in [-0.4, -0.2) is 6.10 Å². The molecule has 0 aliphatic heterocycles. The third-order valence-electron chi connectivity index (χ3n) is 2.49. The van der Waals surface area contributed by atoms with Crippen LogP contribution < -0.4 is 4.74 Å². The van der Waals surface area contributed by atoms with Crippen molar-refractivity contribution in [3.63, 3.8) is 0 Å². The van der Waals surface area contributed by atoms with Gasteiger partial charge >= 0.3 is 0 Å². The molecule has 0 saturated carbocycles. The van der Waals surface area contributed by atoms with Gasteiger partial charge in [0.25, 0.3) is 0 Å². The molecule has 0 bridgehead atoms. The van der Waals surface area contributed by atoms with Crippen molar-refractivity contribution in [3.05, 3.63) is 29.8 Å². The van der Waals surface area contributed by atoms with E-state index in [4.69, 9.17) is 10.00 Å². The van der Waals surface area contributed by atoms with Gasteiger partial charge in [0.05, 0.1) is 0 Å². The molecule has 1 aromatic carbocycles. The first-order chi connectivity index (χ1) is 7.47. The Kier molecular flexibility index (Phi) is 3.95. The molecule has 0 aliphatic carbocycles. The van der Waals surface area contributed by atoms with Crippen LogP contribution >= 0.6 is 0 Å². The predicted octanol–water partition coefficient (Wildman–Crippen LogP) is 3.67. The van der Waals surface area contributed by atoms with Crippen molar-refractivity contribution in [2.24, 2.45) is 0 Å². The summed E-state index contributed by atoms with van der Waals surface area (Å²) in [5, 5.41) is 8.84. The Labute approximate surface area is 97.9 Å². The van der Waals surface area contributed by atoms with Gasteiger partial charge in [0.2, 0.25) is 0 Å². The van der Waals surface area contributed by atoms with Crippen molar-refractivity contribution in [1.29, 1.82) is 5.26 Å². The number of nitrogens with zero attached hydrogens (tertiary/aromatic N) is 1. The molecule has 86 valence electrons. The molecule has 0 amide bonds. The molecule has 2 nitrogen and oxygen atoms in total. The summed E-state index contributed by atoms with van der Waals surface area (Å²) in [6.45, 7) is 8.43. The fourth-order valence-corrected chi connectivity index (χ4v) is 1.40. The summed E-state index contributed by atoms with van der Waals surface area (Å²) in [5.41, 5.74) is 1.33. The molecule has 1 unspecified atom stereocenters. The zero-order valence-corrected chi connectivity index (χ0v) is 10.4. The largest absolute Gasteiger partial charge is 0.476 e. The minimum Gasteiger partial charge on any atom is -0.476 e. The lowest BCUT2D eigenvalue weighted by atomic mass is 9.87. The van der Waals surface area contributed by atoms with Gasteiger partial charge in [-0.05, 0) is 29.5 Å². The summed E-state index contributed by atoms with van der Waals surface area (Å²) in [4.78, 5) is 0. The fraction of sp³-hybridized carbons (Fsp3) is 0.500. The van der Waals surface area contributed by atoms with Gasteiger partial charge in [-0.3, -0.25) is 0 Å². The third-order valence-corrected chi connectivity index (χ3v) is 2.49. The smallest absolute Gasteiger partial charge is 0.184 e.